The normalized spacial score (nSPS) is 17.1. The van der Waals surface area contributed by atoms with E-state index in [1.54, 1.807) is 0 Å². The molecule has 0 saturated carbocycles. The van der Waals surface area contributed by atoms with Gasteiger partial charge in [0.05, 0.1) is 11.6 Å². The van der Waals surface area contributed by atoms with Crippen LogP contribution in [-0.2, 0) is 5.54 Å². The molecule has 0 aliphatic carbocycles. The van der Waals surface area contributed by atoms with Crippen LogP contribution < -0.4 is 5.32 Å². The van der Waals surface area contributed by atoms with Gasteiger partial charge in [-0.25, -0.2) is 0 Å². The Morgan fingerprint density at radius 2 is 1.87 bits per heavy atom. The summed E-state index contributed by atoms with van der Waals surface area (Å²) in [7, 11) is 1.91. The Bertz CT molecular complexity index is 280. The van der Waals surface area contributed by atoms with Crippen molar-refractivity contribution in [2.45, 2.75) is 38.3 Å². The Morgan fingerprint density at radius 1 is 1.27 bits per heavy atom. The van der Waals surface area contributed by atoms with Crippen molar-refractivity contribution >= 4 is 0 Å². The first-order valence-corrected chi connectivity index (χ1v) is 5.63. The molecule has 0 bridgehead atoms. The van der Waals surface area contributed by atoms with Crippen molar-refractivity contribution in [1.82, 2.24) is 5.32 Å². The lowest BCUT2D eigenvalue weighted by Gasteiger charge is -2.37. The average Bonchev–Trinajstić information content (AvgIpc) is 2.32. The highest BCUT2D eigenvalue weighted by atomic mass is 16.3. The molecule has 0 heterocycles. The van der Waals surface area contributed by atoms with E-state index in [0.29, 0.717) is 0 Å². The Hall–Kier alpha value is -0.860. The van der Waals surface area contributed by atoms with Crippen molar-refractivity contribution in [3.8, 4) is 0 Å². The zero-order valence-corrected chi connectivity index (χ0v) is 9.83. The van der Waals surface area contributed by atoms with Gasteiger partial charge < -0.3 is 10.4 Å². The standard InChI is InChI=1S/C13H21NO/c1-4-12(15)13(5-2,14-3)11-9-7-6-8-10-11/h6-10,12,14-15H,4-5H2,1-3H3. The molecular weight excluding hydrogens is 186 g/mol. The van der Waals surface area contributed by atoms with Gasteiger partial charge in [0.2, 0.25) is 0 Å². The quantitative estimate of drug-likeness (QED) is 0.776. The topological polar surface area (TPSA) is 32.3 Å². The van der Waals surface area contributed by atoms with E-state index in [1.165, 1.54) is 0 Å². The van der Waals surface area contributed by atoms with Crippen LogP contribution in [0.2, 0.25) is 0 Å². The number of rotatable bonds is 5. The van der Waals surface area contributed by atoms with E-state index in [9.17, 15) is 5.11 Å². The lowest BCUT2D eigenvalue weighted by atomic mass is 9.81. The van der Waals surface area contributed by atoms with Gasteiger partial charge in [0.25, 0.3) is 0 Å². The zero-order chi connectivity index (χ0) is 11.3. The molecule has 0 aromatic heterocycles. The minimum absolute atomic E-state index is 0.310. The van der Waals surface area contributed by atoms with E-state index < -0.39 is 0 Å². The molecule has 1 rings (SSSR count). The van der Waals surface area contributed by atoms with Crippen molar-refractivity contribution in [1.29, 1.82) is 0 Å². The summed E-state index contributed by atoms with van der Waals surface area (Å²) in [5.74, 6) is 0. The van der Waals surface area contributed by atoms with E-state index >= 15 is 0 Å². The second-order valence-corrected chi connectivity index (χ2v) is 3.86. The smallest absolute Gasteiger partial charge is 0.0760 e. The fourth-order valence-electron chi connectivity index (χ4n) is 2.20. The summed E-state index contributed by atoms with van der Waals surface area (Å²) in [5.41, 5.74) is 0.847. The average molecular weight is 207 g/mol. The highest BCUT2D eigenvalue weighted by Crippen LogP contribution is 2.29. The second kappa shape index (κ2) is 5.29. The molecule has 0 spiro atoms. The molecule has 1 aromatic rings. The molecule has 2 heteroatoms. The molecule has 0 amide bonds. The molecule has 15 heavy (non-hydrogen) atoms. The molecule has 84 valence electrons. The highest BCUT2D eigenvalue weighted by Gasteiger charge is 2.35. The summed E-state index contributed by atoms with van der Waals surface area (Å²) in [6.45, 7) is 4.11. The maximum Gasteiger partial charge on any atom is 0.0760 e. The summed E-state index contributed by atoms with van der Waals surface area (Å²) < 4.78 is 0. The van der Waals surface area contributed by atoms with Gasteiger partial charge in [-0.05, 0) is 25.5 Å². The van der Waals surface area contributed by atoms with Gasteiger partial charge in [0, 0.05) is 0 Å². The molecule has 2 unspecified atom stereocenters. The molecule has 0 fully saturated rings. The van der Waals surface area contributed by atoms with Crippen molar-refractivity contribution in [2.24, 2.45) is 0 Å². The first-order valence-electron chi connectivity index (χ1n) is 5.63. The monoisotopic (exact) mass is 207 g/mol. The fourth-order valence-corrected chi connectivity index (χ4v) is 2.20. The first kappa shape index (κ1) is 12.2. The number of aliphatic hydroxyl groups excluding tert-OH is 1. The van der Waals surface area contributed by atoms with E-state index in [2.05, 4.69) is 24.4 Å². The number of aliphatic hydroxyl groups is 1. The summed E-state index contributed by atoms with van der Waals surface area (Å²) in [4.78, 5) is 0. The van der Waals surface area contributed by atoms with Crippen LogP contribution in [0.15, 0.2) is 30.3 Å². The predicted octanol–water partition coefficient (Wildman–Crippen LogP) is 2.28. The third-order valence-corrected chi connectivity index (χ3v) is 3.25. The van der Waals surface area contributed by atoms with Crippen LogP contribution in [0.1, 0.15) is 32.3 Å². The second-order valence-electron chi connectivity index (χ2n) is 3.86. The Balaban J connectivity index is 3.11. The van der Waals surface area contributed by atoms with Crippen molar-refractivity contribution < 1.29 is 5.11 Å². The largest absolute Gasteiger partial charge is 0.391 e. The molecule has 0 aliphatic rings. The third-order valence-electron chi connectivity index (χ3n) is 3.25. The van der Waals surface area contributed by atoms with Crippen LogP contribution >= 0.6 is 0 Å². The van der Waals surface area contributed by atoms with E-state index in [0.717, 1.165) is 18.4 Å². The number of nitrogens with one attached hydrogen (secondary N) is 1. The van der Waals surface area contributed by atoms with Crippen LogP contribution in [0.25, 0.3) is 0 Å². The van der Waals surface area contributed by atoms with Gasteiger partial charge in [-0.15, -0.1) is 0 Å². The first-order chi connectivity index (χ1) is 7.21. The predicted molar refractivity (Wildman–Crippen MR) is 63.8 cm³/mol. The summed E-state index contributed by atoms with van der Waals surface area (Å²) in [6, 6.07) is 10.2. The Morgan fingerprint density at radius 3 is 2.27 bits per heavy atom. The SMILES string of the molecule is CCC(O)C(CC)(NC)c1ccccc1. The Labute approximate surface area is 92.3 Å². The van der Waals surface area contributed by atoms with Gasteiger partial charge in [0.15, 0.2) is 0 Å². The maximum absolute atomic E-state index is 10.2. The molecule has 0 saturated heterocycles. The number of hydrogen-bond acceptors (Lipinski definition) is 2. The minimum Gasteiger partial charge on any atom is -0.391 e. The lowest BCUT2D eigenvalue weighted by Crippen LogP contribution is -2.49. The van der Waals surface area contributed by atoms with Crippen LogP contribution in [0.5, 0.6) is 0 Å². The molecule has 2 atom stereocenters. The molecule has 2 nitrogen and oxygen atoms in total. The van der Waals surface area contributed by atoms with E-state index in [1.807, 2.05) is 32.2 Å². The van der Waals surface area contributed by atoms with Gasteiger partial charge in [-0.1, -0.05) is 44.2 Å². The number of likely N-dealkylation sites (N-methyl/N-ethyl adjacent to an activating group) is 1. The number of benzene rings is 1. The molecule has 1 aromatic carbocycles. The molecule has 0 radical (unpaired) electrons. The number of hydrogen-bond donors (Lipinski definition) is 2. The summed E-state index contributed by atoms with van der Waals surface area (Å²) >= 11 is 0. The van der Waals surface area contributed by atoms with Crippen LogP contribution in [0.4, 0.5) is 0 Å². The van der Waals surface area contributed by atoms with Crippen LogP contribution in [0, 0.1) is 0 Å². The molecular formula is C13H21NO. The third kappa shape index (κ3) is 2.21. The lowest BCUT2D eigenvalue weighted by molar-refractivity contribution is 0.0555. The van der Waals surface area contributed by atoms with E-state index in [-0.39, 0.29) is 11.6 Å². The van der Waals surface area contributed by atoms with Gasteiger partial charge in [-0.2, -0.15) is 0 Å². The van der Waals surface area contributed by atoms with E-state index in [4.69, 9.17) is 0 Å². The maximum atomic E-state index is 10.2. The van der Waals surface area contributed by atoms with Crippen LogP contribution in [0.3, 0.4) is 0 Å². The molecule has 0 aliphatic heterocycles. The van der Waals surface area contributed by atoms with Gasteiger partial charge in [-0.3, -0.25) is 0 Å². The van der Waals surface area contributed by atoms with Gasteiger partial charge >= 0.3 is 0 Å². The minimum atomic E-state index is -0.352. The van der Waals surface area contributed by atoms with Gasteiger partial charge in [0.1, 0.15) is 0 Å². The molecule has 2 N–H and O–H groups in total. The summed E-state index contributed by atoms with van der Waals surface area (Å²) in [6.07, 6.45) is 1.28. The van der Waals surface area contributed by atoms with Crippen molar-refractivity contribution in [3.05, 3.63) is 35.9 Å². The zero-order valence-electron chi connectivity index (χ0n) is 9.83. The van der Waals surface area contributed by atoms with Crippen molar-refractivity contribution in [2.75, 3.05) is 7.05 Å². The Kier molecular flexibility index (Phi) is 4.30. The van der Waals surface area contributed by atoms with Crippen LogP contribution in [-0.4, -0.2) is 18.3 Å². The highest BCUT2D eigenvalue weighted by molar-refractivity contribution is 5.25. The van der Waals surface area contributed by atoms with Crippen molar-refractivity contribution in [3.63, 3.8) is 0 Å². The summed E-state index contributed by atoms with van der Waals surface area (Å²) in [5, 5.41) is 13.4. The fraction of sp³-hybridized carbons (Fsp3) is 0.538.